The zero-order valence-electron chi connectivity index (χ0n) is 15.3. The molecule has 1 fully saturated rings. The molecule has 1 saturated carbocycles. The summed E-state index contributed by atoms with van der Waals surface area (Å²) in [4.78, 5) is 37.5. The minimum Gasteiger partial charge on any atom is -0.462 e. The molecular weight excluding hydrogens is 354 g/mol. The first-order valence-corrected chi connectivity index (χ1v) is 9.70. The topological polar surface area (TPSA) is 81.7 Å². The highest BCUT2D eigenvalue weighted by atomic mass is 32.1. The van der Waals surface area contributed by atoms with E-state index in [1.165, 1.54) is 6.08 Å². The van der Waals surface area contributed by atoms with Gasteiger partial charge in [-0.1, -0.05) is 31.9 Å². The minimum absolute atomic E-state index is 0.0580. The van der Waals surface area contributed by atoms with Gasteiger partial charge < -0.3 is 14.8 Å². The lowest BCUT2D eigenvalue weighted by atomic mass is 9.89. The maximum atomic E-state index is 12.6. The molecule has 0 radical (unpaired) electrons. The molecule has 0 saturated heterocycles. The van der Waals surface area contributed by atoms with Crippen molar-refractivity contribution >= 4 is 34.2 Å². The number of carbonyl (C=O) groups excluding carboxylic acids is 3. The lowest BCUT2D eigenvalue weighted by Crippen LogP contribution is -2.25. The molecule has 142 valence electrons. The molecule has 1 aromatic rings. The maximum Gasteiger partial charge on any atom is 0.348 e. The highest BCUT2D eigenvalue weighted by Crippen LogP contribution is 2.35. The van der Waals surface area contributed by atoms with Crippen LogP contribution in [-0.4, -0.2) is 31.1 Å². The molecule has 1 N–H and O–H groups in total. The predicted molar refractivity (Wildman–Crippen MR) is 101 cm³/mol. The largest absolute Gasteiger partial charge is 0.462 e. The van der Waals surface area contributed by atoms with Crippen molar-refractivity contribution in [2.45, 2.75) is 46.0 Å². The Morgan fingerprint density at radius 1 is 1.19 bits per heavy atom. The number of anilines is 1. The van der Waals surface area contributed by atoms with Gasteiger partial charge in [0.05, 0.1) is 12.2 Å². The molecule has 0 aliphatic heterocycles. The monoisotopic (exact) mass is 379 g/mol. The Kier molecular flexibility index (Phi) is 7.38. The first-order valence-electron chi connectivity index (χ1n) is 8.88. The number of esters is 2. The van der Waals surface area contributed by atoms with Crippen molar-refractivity contribution in [3.05, 3.63) is 28.7 Å². The van der Waals surface area contributed by atoms with E-state index < -0.39 is 11.9 Å². The van der Waals surface area contributed by atoms with E-state index in [-0.39, 0.29) is 35.5 Å². The molecule has 1 amide bonds. The number of rotatable bonds is 7. The summed E-state index contributed by atoms with van der Waals surface area (Å²) in [6.07, 6.45) is 6.38. The van der Waals surface area contributed by atoms with Gasteiger partial charge in [-0.05, 0) is 32.3 Å². The van der Waals surface area contributed by atoms with Crippen molar-refractivity contribution in [1.29, 1.82) is 0 Å². The van der Waals surface area contributed by atoms with E-state index in [0.29, 0.717) is 10.6 Å². The molecule has 0 unspecified atom stereocenters. The van der Waals surface area contributed by atoms with Crippen LogP contribution in [0.15, 0.2) is 12.7 Å². The molecule has 1 heterocycles. The molecule has 1 aromatic heterocycles. The molecule has 26 heavy (non-hydrogen) atoms. The van der Waals surface area contributed by atoms with E-state index in [4.69, 9.17) is 9.47 Å². The van der Waals surface area contributed by atoms with Crippen molar-refractivity contribution in [1.82, 2.24) is 0 Å². The lowest BCUT2D eigenvalue weighted by Gasteiger charge is -2.20. The third-order valence-corrected chi connectivity index (χ3v) is 5.54. The van der Waals surface area contributed by atoms with Crippen molar-refractivity contribution in [3.8, 4) is 0 Å². The SMILES string of the molecule is C=CCOC(=O)c1sc(NC(=O)C2CCCCC2)c(C(=O)OCC)c1C. The molecule has 6 nitrogen and oxygen atoms in total. The Hall–Kier alpha value is -2.15. The van der Waals surface area contributed by atoms with Crippen molar-refractivity contribution in [3.63, 3.8) is 0 Å². The number of thiophene rings is 1. The normalized spacial score (nSPS) is 14.5. The van der Waals surface area contributed by atoms with Crippen LogP contribution in [0, 0.1) is 12.8 Å². The molecule has 2 rings (SSSR count). The van der Waals surface area contributed by atoms with Crippen LogP contribution >= 0.6 is 11.3 Å². The smallest absolute Gasteiger partial charge is 0.348 e. The van der Waals surface area contributed by atoms with Gasteiger partial charge in [0.25, 0.3) is 0 Å². The standard InChI is InChI=1S/C19H25NO5S/c1-4-11-25-19(23)15-12(3)14(18(22)24-5-2)17(26-15)20-16(21)13-9-7-6-8-10-13/h4,13H,1,5-11H2,2-3H3,(H,20,21). The van der Waals surface area contributed by atoms with E-state index in [9.17, 15) is 14.4 Å². The van der Waals surface area contributed by atoms with Crippen LogP contribution in [0.25, 0.3) is 0 Å². The van der Waals surface area contributed by atoms with Crippen LogP contribution in [0.2, 0.25) is 0 Å². The molecular formula is C19H25NO5S. The summed E-state index contributed by atoms with van der Waals surface area (Å²) < 4.78 is 10.2. The van der Waals surface area contributed by atoms with Gasteiger partial charge in [0, 0.05) is 5.92 Å². The van der Waals surface area contributed by atoms with Crippen molar-refractivity contribution in [2.24, 2.45) is 5.92 Å². The van der Waals surface area contributed by atoms with Gasteiger partial charge in [-0.3, -0.25) is 4.79 Å². The summed E-state index contributed by atoms with van der Waals surface area (Å²) in [5.74, 6) is -1.26. The fraction of sp³-hybridized carbons (Fsp3) is 0.526. The minimum atomic E-state index is -0.553. The Morgan fingerprint density at radius 3 is 2.50 bits per heavy atom. The number of nitrogens with one attached hydrogen (secondary N) is 1. The van der Waals surface area contributed by atoms with Gasteiger partial charge in [0.15, 0.2) is 0 Å². The summed E-state index contributed by atoms with van der Waals surface area (Å²) in [6.45, 7) is 7.16. The highest BCUT2D eigenvalue weighted by Gasteiger charge is 2.29. The number of amides is 1. The molecule has 0 bridgehead atoms. The number of carbonyl (C=O) groups is 3. The van der Waals surface area contributed by atoms with E-state index in [0.717, 1.165) is 43.4 Å². The van der Waals surface area contributed by atoms with Gasteiger partial charge in [0.1, 0.15) is 16.5 Å². The Balaban J connectivity index is 2.29. The predicted octanol–water partition coefficient (Wildman–Crippen LogP) is 4.09. The van der Waals surface area contributed by atoms with Crippen LogP contribution in [0.1, 0.15) is 64.6 Å². The molecule has 0 aromatic carbocycles. The average molecular weight is 379 g/mol. The van der Waals surface area contributed by atoms with E-state index in [1.54, 1.807) is 13.8 Å². The second-order valence-corrected chi connectivity index (χ2v) is 7.21. The molecule has 7 heteroatoms. The number of hydrogen-bond acceptors (Lipinski definition) is 6. The van der Waals surface area contributed by atoms with Gasteiger partial charge in [-0.2, -0.15) is 0 Å². The maximum absolute atomic E-state index is 12.6. The Morgan fingerprint density at radius 2 is 1.88 bits per heavy atom. The summed E-state index contributed by atoms with van der Waals surface area (Å²) >= 11 is 1.05. The fourth-order valence-electron chi connectivity index (χ4n) is 3.02. The second kappa shape index (κ2) is 9.52. The van der Waals surface area contributed by atoms with Crippen molar-refractivity contribution in [2.75, 3.05) is 18.5 Å². The summed E-state index contributed by atoms with van der Waals surface area (Å²) in [5.41, 5.74) is 0.688. The molecule has 1 aliphatic carbocycles. The first-order chi connectivity index (χ1) is 12.5. The second-order valence-electron chi connectivity index (χ2n) is 6.19. The van der Waals surface area contributed by atoms with Gasteiger partial charge in [0.2, 0.25) is 5.91 Å². The number of hydrogen-bond donors (Lipinski definition) is 1. The average Bonchev–Trinajstić information content (AvgIpc) is 2.96. The van der Waals surface area contributed by atoms with Crippen LogP contribution in [0.5, 0.6) is 0 Å². The summed E-state index contributed by atoms with van der Waals surface area (Å²) in [6, 6.07) is 0. The third kappa shape index (κ3) is 4.72. The van der Waals surface area contributed by atoms with Crippen LogP contribution in [-0.2, 0) is 14.3 Å². The quantitative estimate of drug-likeness (QED) is 0.570. The Bertz CT molecular complexity index is 688. The number of ether oxygens (including phenoxy) is 2. The van der Waals surface area contributed by atoms with E-state index in [2.05, 4.69) is 11.9 Å². The molecule has 0 spiro atoms. The lowest BCUT2D eigenvalue weighted by molar-refractivity contribution is -0.120. The summed E-state index contributed by atoms with van der Waals surface area (Å²) in [7, 11) is 0. The van der Waals surface area contributed by atoms with E-state index >= 15 is 0 Å². The van der Waals surface area contributed by atoms with Crippen LogP contribution < -0.4 is 5.32 Å². The van der Waals surface area contributed by atoms with Crippen LogP contribution in [0.4, 0.5) is 5.00 Å². The Labute approximate surface area is 157 Å². The third-order valence-electron chi connectivity index (χ3n) is 4.36. The fourth-order valence-corrected chi connectivity index (χ4v) is 4.12. The van der Waals surface area contributed by atoms with Gasteiger partial charge in [-0.25, -0.2) is 9.59 Å². The van der Waals surface area contributed by atoms with Gasteiger partial charge in [-0.15, -0.1) is 11.3 Å². The zero-order chi connectivity index (χ0) is 19.1. The van der Waals surface area contributed by atoms with Gasteiger partial charge >= 0.3 is 11.9 Å². The highest BCUT2D eigenvalue weighted by molar-refractivity contribution is 7.18. The van der Waals surface area contributed by atoms with E-state index in [1.807, 2.05) is 0 Å². The zero-order valence-corrected chi connectivity index (χ0v) is 16.1. The van der Waals surface area contributed by atoms with Crippen LogP contribution in [0.3, 0.4) is 0 Å². The first kappa shape index (κ1) is 20.2. The van der Waals surface area contributed by atoms with Crippen molar-refractivity contribution < 1.29 is 23.9 Å². The summed E-state index contributed by atoms with van der Waals surface area (Å²) in [5, 5.41) is 3.19. The molecule has 1 aliphatic rings. The molecule has 0 atom stereocenters.